The molecule has 0 saturated carbocycles. The summed E-state index contributed by atoms with van der Waals surface area (Å²) in [5, 5.41) is 0. The van der Waals surface area contributed by atoms with E-state index in [0.717, 1.165) is 0 Å². The highest BCUT2D eigenvalue weighted by Crippen LogP contribution is 2.30. The van der Waals surface area contributed by atoms with E-state index in [-0.39, 0.29) is 33.2 Å². The van der Waals surface area contributed by atoms with Gasteiger partial charge in [-0.3, -0.25) is 4.79 Å². The average molecular weight is 438 g/mol. The standard InChI is InChI=1S/C13H10F3IN4O2/c14-13(15,16)23-7-4-2-1-3-6(7)5-8-18-9-10(12(22)19-8)20-21-11(9)17/h1-4,11,20-21H,5H2,(H,18,19,22). The van der Waals surface area contributed by atoms with E-state index in [1.54, 1.807) is 6.07 Å². The number of benzene rings is 1. The molecule has 2 heterocycles. The van der Waals surface area contributed by atoms with Crippen molar-refractivity contribution in [3.05, 3.63) is 51.7 Å². The third-order valence-electron chi connectivity index (χ3n) is 3.12. The number of H-pyrrole nitrogens is 1. The molecule has 1 unspecified atom stereocenters. The molecule has 1 aliphatic rings. The lowest BCUT2D eigenvalue weighted by Crippen LogP contribution is -2.19. The van der Waals surface area contributed by atoms with Crippen LogP contribution in [0.2, 0.25) is 0 Å². The highest BCUT2D eigenvalue weighted by molar-refractivity contribution is 14.1. The smallest absolute Gasteiger partial charge is 0.405 e. The molecule has 3 rings (SSSR count). The maximum Gasteiger partial charge on any atom is 0.573 e. The Kier molecular flexibility index (Phi) is 4.19. The molecule has 3 N–H and O–H groups in total. The van der Waals surface area contributed by atoms with Crippen molar-refractivity contribution in [3.8, 4) is 5.75 Å². The van der Waals surface area contributed by atoms with E-state index in [0.29, 0.717) is 11.4 Å². The summed E-state index contributed by atoms with van der Waals surface area (Å²) in [6.07, 6.45) is -4.77. The zero-order valence-electron chi connectivity index (χ0n) is 11.4. The number of hydrogen-bond acceptors (Lipinski definition) is 5. The van der Waals surface area contributed by atoms with E-state index in [2.05, 4.69) is 48.1 Å². The van der Waals surface area contributed by atoms with E-state index in [1.807, 2.05) is 0 Å². The molecule has 122 valence electrons. The second kappa shape index (κ2) is 6.00. The number of anilines is 1. The van der Waals surface area contributed by atoms with Crippen molar-refractivity contribution in [2.45, 2.75) is 16.8 Å². The zero-order valence-corrected chi connectivity index (χ0v) is 13.5. The van der Waals surface area contributed by atoms with Crippen molar-refractivity contribution in [3.63, 3.8) is 0 Å². The number of nitrogens with one attached hydrogen (secondary N) is 3. The number of hydrogen-bond donors (Lipinski definition) is 3. The van der Waals surface area contributed by atoms with E-state index < -0.39 is 6.36 Å². The second-order valence-electron chi connectivity index (χ2n) is 4.74. The van der Waals surface area contributed by atoms with Gasteiger partial charge in [0.2, 0.25) is 0 Å². The summed E-state index contributed by atoms with van der Waals surface area (Å²) in [6, 6.07) is 5.75. The van der Waals surface area contributed by atoms with Crippen LogP contribution >= 0.6 is 22.6 Å². The summed E-state index contributed by atoms with van der Waals surface area (Å²) < 4.78 is 41.1. The van der Waals surface area contributed by atoms with Gasteiger partial charge in [0.05, 0.1) is 0 Å². The molecule has 0 amide bonds. The quantitative estimate of drug-likeness (QED) is 0.390. The molecule has 1 aliphatic heterocycles. The molecule has 1 aromatic carbocycles. The zero-order chi connectivity index (χ0) is 16.6. The number of nitrogens with zero attached hydrogens (tertiary/aromatic N) is 1. The fourth-order valence-electron chi connectivity index (χ4n) is 2.19. The van der Waals surface area contributed by atoms with Crippen LogP contribution in [0.4, 0.5) is 18.9 Å². The SMILES string of the molecule is O=c1[nH]c(Cc2ccccc2OC(F)(F)F)nc2c1NNC2I. The molecule has 1 atom stereocenters. The Bertz CT molecular complexity index is 794. The highest BCUT2D eigenvalue weighted by Gasteiger charge is 2.32. The first-order chi connectivity index (χ1) is 10.8. The Balaban J connectivity index is 1.93. The van der Waals surface area contributed by atoms with Gasteiger partial charge in [-0.05, 0) is 6.07 Å². The predicted molar refractivity (Wildman–Crippen MR) is 84.3 cm³/mol. The van der Waals surface area contributed by atoms with Crippen LogP contribution in [0.3, 0.4) is 0 Å². The molecule has 23 heavy (non-hydrogen) atoms. The maximum absolute atomic E-state index is 12.4. The Hall–Kier alpha value is -1.82. The summed E-state index contributed by atoms with van der Waals surface area (Å²) >= 11 is 2.05. The lowest BCUT2D eigenvalue weighted by atomic mass is 10.1. The Labute approximate surface area is 141 Å². The Morgan fingerprint density at radius 1 is 1.30 bits per heavy atom. The van der Waals surface area contributed by atoms with Gasteiger partial charge in [0.1, 0.15) is 27.0 Å². The first kappa shape index (κ1) is 16.1. The van der Waals surface area contributed by atoms with Crippen LogP contribution < -0.4 is 21.1 Å². The van der Waals surface area contributed by atoms with E-state index in [9.17, 15) is 18.0 Å². The number of rotatable bonds is 3. The van der Waals surface area contributed by atoms with Gasteiger partial charge >= 0.3 is 6.36 Å². The van der Waals surface area contributed by atoms with Gasteiger partial charge in [-0.2, -0.15) is 0 Å². The number of para-hydroxylation sites is 1. The van der Waals surface area contributed by atoms with Crippen LogP contribution in [0, 0.1) is 0 Å². The molecule has 10 heteroatoms. The van der Waals surface area contributed by atoms with E-state index in [1.165, 1.54) is 18.2 Å². The number of alkyl halides is 4. The van der Waals surface area contributed by atoms with Crippen molar-refractivity contribution >= 4 is 28.3 Å². The molecule has 0 aliphatic carbocycles. The van der Waals surface area contributed by atoms with Gasteiger partial charge < -0.3 is 15.1 Å². The number of aromatic nitrogens is 2. The van der Waals surface area contributed by atoms with Crippen LogP contribution in [-0.2, 0) is 6.42 Å². The minimum absolute atomic E-state index is 0.0120. The fraction of sp³-hybridized carbons (Fsp3) is 0.231. The fourth-order valence-corrected chi connectivity index (χ4v) is 2.79. The van der Waals surface area contributed by atoms with Crippen LogP contribution in [-0.4, -0.2) is 16.3 Å². The third kappa shape index (κ3) is 3.58. The van der Waals surface area contributed by atoms with Gasteiger partial charge in [-0.15, -0.1) is 13.2 Å². The van der Waals surface area contributed by atoms with Gasteiger partial charge in [0, 0.05) is 12.0 Å². The largest absolute Gasteiger partial charge is 0.573 e. The normalized spacial score (nSPS) is 16.8. The molecule has 0 fully saturated rings. The number of aromatic amines is 1. The predicted octanol–water partition coefficient (Wildman–Crippen LogP) is 2.62. The summed E-state index contributed by atoms with van der Waals surface area (Å²) in [5.74, 6) is -0.0513. The van der Waals surface area contributed by atoms with E-state index in [4.69, 9.17) is 0 Å². The van der Waals surface area contributed by atoms with Crippen LogP contribution in [0.25, 0.3) is 0 Å². The third-order valence-corrected chi connectivity index (χ3v) is 4.02. The molecule has 0 spiro atoms. The maximum atomic E-state index is 12.4. The summed E-state index contributed by atoms with van der Waals surface area (Å²) in [6.45, 7) is 0. The molecule has 0 bridgehead atoms. The number of hydrazine groups is 1. The van der Waals surface area contributed by atoms with Crippen LogP contribution in [0.5, 0.6) is 5.75 Å². The van der Waals surface area contributed by atoms with Crippen molar-refractivity contribution in [2.24, 2.45) is 0 Å². The molecular weight excluding hydrogens is 428 g/mol. The summed E-state index contributed by atoms with van der Waals surface area (Å²) in [4.78, 5) is 18.8. The van der Waals surface area contributed by atoms with Crippen molar-refractivity contribution < 1.29 is 17.9 Å². The van der Waals surface area contributed by atoms with Gasteiger partial charge in [0.15, 0.2) is 0 Å². The van der Waals surface area contributed by atoms with Crippen LogP contribution in [0.15, 0.2) is 29.1 Å². The molecule has 0 radical (unpaired) electrons. The second-order valence-corrected chi connectivity index (χ2v) is 5.98. The Morgan fingerprint density at radius 3 is 2.78 bits per heavy atom. The van der Waals surface area contributed by atoms with Crippen LogP contribution in [0.1, 0.15) is 21.1 Å². The molecule has 2 aromatic rings. The average Bonchev–Trinajstić information content (AvgIpc) is 2.82. The summed E-state index contributed by atoms with van der Waals surface area (Å²) in [5.41, 5.74) is 6.27. The number of ether oxygens (including phenoxy) is 1. The topological polar surface area (TPSA) is 79.0 Å². The van der Waals surface area contributed by atoms with Gasteiger partial charge in [-0.25, -0.2) is 10.4 Å². The minimum atomic E-state index is -4.78. The molecule has 6 nitrogen and oxygen atoms in total. The summed E-state index contributed by atoms with van der Waals surface area (Å²) in [7, 11) is 0. The highest BCUT2D eigenvalue weighted by atomic mass is 127. The minimum Gasteiger partial charge on any atom is -0.405 e. The first-order valence-electron chi connectivity index (χ1n) is 6.46. The van der Waals surface area contributed by atoms with E-state index >= 15 is 0 Å². The van der Waals surface area contributed by atoms with Crippen molar-refractivity contribution in [1.82, 2.24) is 15.4 Å². The number of fused-ring (bicyclic) bond motifs is 1. The van der Waals surface area contributed by atoms with Gasteiger partial charge in [0.25, 0.3) is 5.56 Å². The van der Waals surface area contributed by atoms with Gasteiger partial charge in [-0.1, -0.05) is 40.8 Å². The molecule has 0 saturated heterocycles. The lowest BCUT2D eigenvalue weighted by molar-refractivity contribution is -0.274. The van der Waals surface area contributed by atoms with Crippen molar-refractivity contribution in [2.75, 3.05) is 5.43 Å². The van der Waals surface area contributed by atoms with Crippen molar-refractivity contribution in [1.29, 1.82) is 0 Å². The Morgan fingerprint density at radius 2 is 2.04 bits per heavy atom. The monoisotopic (exact) mass is 438 g/mol. The number of halogens is 4. The molecular formula is C13H10F3IN4O2. The first-order valence-corrected chi connectivity index (χ1v) is 7.70. The lowest BCUT2D eigenvalue weighted by Gasteiger charge is -2.13. The molecule has 1 aromatic heterocycles.